The normalized spacial score (nSPS) is 12.2. The van der Waals surface area contributed by atoms with E-state index in [9.17, 15) is 4.79 Å². The molecule has 1 N–H and O–H groups in total. The minimum absolute atomic E-state index is 0.0993. The Balaban J connectivity index is 2.08. The Morgan fingerprint density at radius 2 is 1.50 bits per heavy atom. The van der Waals surface area contributed by atoms with Gasteiger partial charge >= 0.3 is 0 Å². The summed E-state index contributed by atoms with van der Waals surface area (Å²) < 4.78 is 16.8. The average Bonchev–Trinajstić information content (AvgIpc) is 2.59. The number of amides is 1. The number of carbonyl (C=O) groups is 1. The molecule has 0 aliphatic rings. The van der Waals surface area contributed by atoms with E-state index >= 15 is 0 Å². The summed E-state index contributed by atoms with van der Waals surface area (Å²) in [6, 6.07) is 14.8. The van der Waals surface area contributed by atoms with Gasteiger partial charge < -0.3 is 19.5 Å². The zero-order chi connectivity index (χ0) is 19.2. The molecule has 0 spiro atoms. The predicted molar refractivity (Wildman–Crippen MR) is 102 cm³/mol. The van der Waals surface area contributed by atoms with Crippen molar-refractivity contribution in [2.24, 2.45) is 0 Å². The molecule has 0 saturated carbocycles. The smallest absolute Gasteiger partial charge is 0.265 e. The Morgan fingerprint density at radius 1 is 0.962 bits per heavy atom. The average molecular weight is 357 g/mol. The van der Waals surface area contributed by atoms with Gasteiger partial charge in [0.05, 0.1) is 7.11 Å². The fourth-order valence-corrected chi connectivity index (χ4v) is 2.24. The van der Waals surface area contributed by atoms with E-state index < -0.39 is 6.10 Å². The molecule has 2 aromatic carbocycles. The van der Waals surface area contributed by atoms with E-state index in [4.69, 9.17) is 14.2 Å². The molecule has 1 atom stereocenters. The number of aryl methyl sites for hydroxylation is 1. The van der Waals surface area contributed by atoms with Crippen LogP contribution in [0.2, 0.25) is 0 Å². The van der Waals surface area contributed by atoms with E-state index in [1.54, 1.807) is 31.4 Å². The number of rotatable bonds is 7. The van der Waals surface area contributed by atoms with Crippen molar-refractivity contribution in [3.05, 3.63) is 54.1 Å². The molecule has 1 amide bonds. The van der Waals surface area contributed by atoms with Gasteiger partial charge in [-0.3, -0.25) is 4.79 Å². The van der Waals surface area contributed by atoms with Gasteiger partial charge in [0.2, 0.25) is 6.10 Å². The molecule has 5 nitrogen and oxygen atoms in total. The monoisotopic (exact) mass is 357 g/mol. The van der Waals surface area contributed by atoms with E-state index in [1.807, 2.05) is 52.0 Å². The summed E-state index contributed by atoms with van der Waals surface area (Å²) in [5.41, 5.74) is 0.772. The molecule has 2 aromatic rings. The van der Waals surface area contributed by atoms with Crippen LogP contribution in [-0.2, 0) is 4.79 Å². The summed E-state index contributed by atoms with van der Waals surface area (Å²) in [7, 11) is 1.61. The lowest BCUT2D eigenvalue weighted by Crippen LogP contribution is -2.49. The molecule has 0 radical (unpaired) electrons. The van der Waals surface area contributed by atoms with Crippen LogP contribution < -0.4 is 19.5 Å². The first kappa shape index (κ1) is 19.6. The molecule has 0 heterocycles. The van der Waals surface area contributed by atoms with Crippen molar-refractivity contribution in [2.45, 2.75) is 39.3 Å². The number of nitrogens with one attached hydrogen (secondary N) is 1. The second-order valence-electron chi connectivity index (χ2n) is 7.15. The van der Waals surface area contributed by atoms with Gasteiger partial charge in [0.15, 0.2) is 0 Å². The Kier molecular flexibility index (Phi) is 6.50. The van der Waals surface area contributed by atoms with Crippen molar-refractivity contribution in [3.8, 4) is 17.2 Å². The van der Waals surface area contributed by atoms with E-state index in [0.717, 1.165) is 11.3 Å². The number of methoxy groups -OCH3 is 1. The maximum absolute atomic E-state index is 12.6. The molecular weight excluding hydrogens is 330 g/mol. The zero-order valence-corrected chi connectivity index (χ0v) is 16.0. The summed E-state index contributed by atoms with van der Waals surface area (Å²) in [6.45, 7) is 7.89. The summed E-state index contributed by atoms with van der Waals surface area (Å²) in [5, 5.41) is 2.94. The van der Waals surface area contributed by atoms with Gasteiger partial charge in [0, 0.05) is 5.54 Å². The van der Waals surface area contributed by atoms with Crippen LogP contribution in [0, 0.1) is 6.92 Å². The number of carbonyl (C=O) groups excluding carboxylic acids is 1. The Hall–Kier alpha value is -2.69. The van der Waals surface area contributed by atoms with Crippen LogP contribution in [-0.4, -0.2) is 31.3 Å². The van der Waals surface area contributed by atoms with E-state index in [0.29, 0.717) is 11.5 Å². The first-order valence-electron chi connectivity index (χ1n) is 8.59. The van der Waals surface area contributed by atoms with Gasteiger partial charge in [-0.1, -0.05) is 17.7 Å². The zero-order valence-electron chi connectivity index (χ0n) is 16.0. The molecular formula is C21H27NO4. The van der Waals surface area contributed by atoms with E-state index in [2.05, 4.69) is 5.32 Å². The summed E-state index contributed by atoms with van der Waals surface area (Å²) in [4.78, 5) is 12.6. The first-order valence-corrected chi connectivity index (χ1v) is 8.59. The molecule has 1 unspecified atom stereocenters. The van der Waals surface area contributed by atoms with Crippen molar-refractivity contribution in [1.29, 1.82) is 0 Å². The van der Waals surface area contributed by atoms with E-state index in [1.165, 1.54) is 0 Å². The third-order valence-electron chi connectivity index (χ3n) is 3.55. The highest BCUT2D eigenvalue weighted by molar-refractivity contribution is 5.82. The molecule has 5 heteroatoms. The second-order valence-corrected chi connectivity index (χ2v) is 7.15. The molecule has 0 aliphatic carbocycles. The Labute approximate surface area is 155 Å². The van der Waals surface area contributed by atoms with Gasteiger partial charge in [0.25, 0.3) is 5.91 Å². The lowest BCUT2D eigenvalue weighted by Gasteiger charge is -2.25. The Morgan fingerprint density at radius 3 is 2.04 bits per heavy atom. The highest BCUT2D eigenvalue weighted by Crippen LogP contribution is 2.19. The molecule has 2 rings (SSSR count). The topological polar surface area (TPSA) is 56.8 Å². The minimum atomic E-state index is -0.765. The molecule has 26 heavy (non-hydrogen) atoms. The van der Waals surface area contributed by atoms with Gasteiger partial charge in [0.1, 0.15) is 23.9 Å². The van der Waals surface area contributed by atoms with Crippen LogP contribution >= 0.6 is 0 Å². The lowest BCUT2D eigenvalue weighted by atomic mass is 10.1. The van der Waals surface area contributed by atoms with Crippen molar-refractivity contribution >= 4 is 5.91 Å². The highest BCUT2D eigenvalue weighted by Gasteiger charge is 2.25. The standard InChI is InChI=1S/C21H27NO4/c1-15-6-8-18(9-7-15)26-19(20(23)22-21(2,3)4)14-25-17-12-10-16(24-5)11-13-17/h6-13,19H,14H2,1-5H3,(H,22,23). The van der Waals surface area contributed by atoms with Gasteiger partial charge in [-0.2, -0.15) is 0 Å². The van der Waals surface area contributed by atoms with Crippen molar-refractivity contribution < 1.29 is 19.0 Å². The predicted octanol–water partition coefficient (Wildman–Crippen LogP) is 3.74. The molecule has 0 fully saturated rings. The second kappa shape index (κ2) is 8.61. The fourth-order valence-electron chi connectivity index (χ4n) is 2.24. The fraction of sp³-hybridized carbons (Fsp3) is 0.381. The largest absolute Gasteiger partial charge is 0.497 e. The number of benzene rings is 2. The molecule has 0 bridgehead atoms. The maximum atomic E-state index is 12.6. The van der Waals surface area contributed by atoms with Crippen LogP contribution in [0.25, 0.3) is 0 Å². The first-order chi connectivity index (χ1) is 12.3. The van der Waals surface area contributed by atoms with E-state index in [-0.39, 0.29) is 18.1 Å². The SMILES string of the molecule is COc1ccc(OCC(Oc2ccc(C)cc2)C(=O)NC(C)(C)C)cc1. The molecule has 0 saturated heterocycles. The summed E-state index contributed by atoms with van der Waals surface area (Å²) >= 11 is 0. The van der Waals surface area contributed by atoms with Gasteiger partial charge in [-0.05, 0) is 64.1 Å². The third-order valence-corrected chi connectivity index (χ3v) is 3.55. The molecule has 0 aromatic heterocycles. The summed E-state index contributed by atoms with van der Waals surface area (Å²) in [6.07, 6.45) is -0.765. The van der Waals surface area contributed by atoms with Gasteiger partial charge in [-0.15, -0.1) is 0 Å². The van der Waals surface area contributed by atoms with Crippen molar-refractivity contribution in [1.82, 2.24) is 5.32 Å². The summed E-state index contributed by atoms with van der Waals surface area (Å²) in [5.74, 6) is 1.80. The van der Waals surface area contributed by atoms with Gasteiger partial charge in [-0.25, -0.2) is 0 Å². The number of ether oxygens (including phenoxy) is 3. The molecule has 140 valence electrons. The quantitative estimate of drug-likeness (QED) is 0.820. The highest BCUT2D eigenvalue weighted by atomic mass is 16.5. The van der Waals surface area contributed by atoms with Crippen molar-refractivity contribution in [2.75, 3.05) is 13.7 Å². The number of hydrogen-bond donors (Lipinski definition) is 1. The Bertz CT molecular complexity index is 702. The van der Waals surface area contributed by atoms with Crippen molar-refractivity contribution in [3.63, 3.8) is 0 Å². The maximum Gasteiger partial charge on any atom is 0.265 e. The third kappa shape index (κ3) is 6.31. The lowest BCUT2D eigenvalue weighted by molar-refractivity contribution is -0.130. The van der Waals surface area contributed by atoms with Crippen LogP contribution in [0.4, 0.5) is 0 Å². The van der Waals surface area contributed by atoms with Crippen LogP contribution in [0.1, 0.15) is 26.3 Å². The van der Waals surface area contributed by atoms with Crippen LogP contribution in [0.5, 0.6) is 17.2 Å². The van der Waals surface area contributed by atoms with Crippen LogP contribution in [0.3, 0.4) is 0 Å². The molecule has 0 aliphatic heterocycles. The number of hydrogen-bond acceptors (Lipinski definition) is 4. The minimum Gasteiger partial charge on any atom is -0.497 e. The van der Waals surface area contributed by atoms with Crippen LogP contribution in [0.15, 0.2) is 48.5 Å².